The molecule has 27 heavy (non-hydrogen) atoms. The van der Waals surface area contributed by atoms with E-state index >= 15 is 0 Å². The van der Waals surface area contributed by atoms with Gasteiger partial charge >= 0.3 is 0 Å². The van der Waals surface area contributed by atoms with Gasteiger partial charge in [0.25, 0.3) is 17.4 Å². The third-order valence-corrected chi connectivity index (χ3v) is 4.55. The van der Waals surface area contributed by atoms with E-state index in [-0.39, 0.29) is 23.1 Å². The van der Waals surface area contributed by atoms with Gasteiger partial charge in [-0.05, 0) is 31.5 Å². The minimum atomic E-state index is -0.355. The number of benzene rings is 1. The van der Waals surface area contributed by atoms with Crippen molar-refractivity contribution < 1.29 is 14.3 Å². The maximum Gasteiger partial charge on any atom is 0.274 e. The Morgan fingerprint density at radius 1 is 1.04 bits per heavy atom. The molecule has 0 atom stereocenters. The van der Waals surface area contributed by atoms with E-state index < -0.39 is 0 Å². The van der Waals surface area contributed by atoms with E-state index in [2.05, 4.69) is 10.2 Å². The minimum Gasteiger partial charge on any atom is -0.496 e. The summed E-state index contributed by atoms with van der Waals surface area (Å²) >= 11 is 0. The molecule has 8 nitrogen and oxygen atoms in total. The Kier molecular flexibility index (Phi) is 5.54. The third kappa shape index (κ3) is 4.16. The van der Waals surface area contributed by atoms with Crippen LogP contribution in [0.3, 0.4) is 0 Å². The van der Waals surface area contributed by atoms with Crippen LogP contribution in [0.1, 0.15) is 32.8 Å². The van der Waals surface area contributed by atoms with E-state index in [1.807, 2.05) is 19.1 Å². The molecule has 1 aliphatic heterocycles. The number of hydrogen-bond donors (Lipinski definition) is 1. The molecule has 0 spiro atoms. The lowest BCUT2D eigenvalue weighted by Crippen LogP contribution is -2.38. The van der Waals surface area contributed by atoms with Crippen LogP contribution in [0.5, 0.6) is 5.75 Å². The average molecular weight is 370 g/mol. The molecular formula is C19H22N4O4. The number of carbonyl (C=O) groups excluding carboxylic acids is 2. The monoisotopic (exact) mass is 370 g/mol. The molecule has 1 aromatic carbocycles. The fraction of sp³-hybridized carbons (Fsp3) is 0.368. The third-order valence-electron chi connectivity index (χ3n) is 4.55. The zero-order chi connectivity index (χ0) is 19.4. The Hall–Kier alpha value is -3.16. The lowest BCUT2D eigenvalue weighted by molar-refractivity contribution is 0.0713. The van der Waals surface area contributed by atoms with Crippen LogP contribution in [0.4, 0.5) is 0 Å². The van der Waals surface area contributed by atoms with Crippen molar-refractivity contribution in [3.05, 3.63) is 57.5 Å². The Morgan fingerprint density at radius 3 is 2.37 bits per heavy atom. The van der Waals surface area contributed by atoms with Gasteiger partial charge in [0.1, 0.15) is 11.4 Å². The number of hydrogen-bond acceptors (Lipinski definition) is 5. The second kappa shape index (κ2) is 8.03. The first kappa shape index (κ1) is 18.6. The second-order valence-electron chi connectivity index (χ2n) is 6.45. The van der Waals surface area contributed by atoms with Gasteiger partial charge in [0.05, 0.1) is 12.7 Å². The first-order valence-electron chi connectivity index (χ1n) is 8.78. The fourth-order valence-corrected chi connectivity index (χ4v) is 3.11. The number of carbonyl (C=O) groups is 2. The highest BCUT2D eigenvalue weighted by atomic mass is 16.5. The molecule has 1 aliphatic rings. The van der Waals surface area contributed by atoms with E-state index in [4.69, 9.17) is 4.74 Å². The van der Waals surface area contributed by atoms with E-state index in [0.29, 0.717) is 43.9 Å². The van der Waals surface area contributed by atoms with Crippen molar-refractivity contribution in [1.29, 1.82) is 0 Å². The van der Waals surface area contributed by atoms with Crippen LogP contribution in [0.2, 0.25) is 0 Å². The fourth-order valence-electron chi connectivity index (χ4n) is 3.11. The lowest BCUT2D eigenvalue weighted by atomic mass is 10.1. The SMILES string of the molecule is COc1ccc(C)cc1C(=O)N1CCCN(C(=O)c2ccc(=O)[nH]n2)CC1. The summed E-state index contributed by atoms with van der Waals surface area (Å²) in [7, 11) is 1.54. The summed E-state index contributed by atoms with van der Waals surface area (Å²) in [6.07, 6.45) is 0.662. The lowest BCUT2D eigenvalue weighted by Gasteiger charge is -2.23. The summed E-state index contributed by atoms with van der Waals surface area (Å²) < 4.78 is 5.32. The van der Waals surface area contributed by atoms with Crippen molar-refractivity contribution in [3.63, 3.8) is 0 Å². The number of H-pyrrole nitrogens is 1. The molecule has 2 heterocycles. The molecule has 1 N–H and O–H groups in total. The first-order valence-corrected chi connectivity index (χ1v) is 8.78. The molecule has 142 valence electrons. The van der Waals surface area contributed by atoms with Crippen LogP contribution in [-0.2, 0) is 0 Å². The van der Waals surface area contributed by atoms with Gasteiger partial charge in [-0.3, -0.25) is 14.4 Å². The largest absolute Gasteiger partial charge is 0.496 e. The molecule has 0 bridgehead atoms. The van der Waals surface area contributed by atoms with E-state index in [1.165, 1.54) is 12.1 Å². The van der Waals surface area contributed by atoms with Gasteiger partial charge in [-0.1, -0.05) is 11.6 Å². The van der Waals surface area contributed by atoms with Crippen molar-refractivity contribution in [2.75, 3.05) is 33.3 Å². The van der Waals surface area contributed by atoms with Crippen LogP contribution in [0.25, 0.3) is 0 Å². The molecule has 0 radical (unpaired) electrons. The van der Waals surface area contributed by atoms with Gasteiger partial charge in [-0.25, -0.2) is 5.10 Å². The van der Waals surface area contributed by atoms with E-state index in [9.17, 15) is 14.4 Å². The van der Waals surface area contributed by atoms with Gasteiger partial charge < -0.3 is 14.5 Å². The van der Waals surface area contributed by atoms with Gasteiger partial charge in [0, 0.05) is 32.2 Å². The number of aromatic amines is 1. The van der Waals surface area contributed by atoms with Crippen LogP contribution in [0, 0.1) is 6.92 Å². The van der Waals surface area contributed by atoms with Gasteiger partial charge in [0.2, 0.25) is 0 Å². The predicted octanol–water partition coefficient (Wildman–Crippen LogP) is 1.08. The van der Waals surface area contributed by atoms with Crippen LogP contribution in [0.15, 0.2) is 35.1 Å². The smallest absolute Gasteiger partial charge is 0.274 e. The topological polar surface area (TPSA) is 95.6 Å². The summed E-state index contributed by atoms with van der Waals surface area (Å²) in [5.41, 5.74) is 1.34. The van der Waals surface area contributed by atoms with Crippen molar-refractivity contribution in [2.24, 2.45) is 0 Å². The maximum absolute atomic E-state index is 13.0. The second-order valence-corrected chi connectivity index (χ2v) is 6.45. The summed E-state index contributed by atoms with van der Waals surface area (Å²) in [6.45, 7) is 3.83. The van der Waals surface area contributed by atoms with E-state index in [0.717, 1.165) is 5.56 Å². The molecule has 1 aromatic heterocycles. The highest BCUT2D eigenvalue weighted by Gasteiger charge is 2.25. The summed E-state index contributed by atoms with van der Waals surface area (Å²) in [5, 5.41) is 6.06. The summed E-state index contributed by atoms with van der Waals surface area (Å²) in [6, 6.07) is 8.19. The van der Waals surface area contributed by atoms with E-state index in [1.54, 1.807) is 23.0 Å². The number of aromatic nitrogens is 2. The van der Waals surface area contributed by atoms with Crippen LogP contribution in [-0.4, -0.2) is 65.1 Å². The van der Waals surface area contributed by atoms with Crippen molar-refractivity contribution in [1.82, 2.24) is 20.0 Å². The van der Waals surface area contributed by atoms with Crippen molar-refractivity contribution in [3.8, 4) is 5.75 Å². The van der Waals surface area contributed by atoms with Crippen LogP contribution >= 0.6 is 0 Å². The number of aryl methyl sites for hydroxylation is 1. The van der Waals surface area contributed by atoms with Gasteiger partial charge in [-0.15, -0.1) is 0 Å². The molecule has 0 saturated carbocycles. The number of amides is 2. The number of nitrogens with one attached hydrogen (secondary N) is 1. The van der Waals surface area contributed by atoms with Gasteiger partial charge in [-0.2, -0.15) is 5.10 Å². The zero-order valence-electron chi connectivity index (χ0n) is 15.4. The Bertz CT molecular complexity index is 888. The van der Waals surface area contributed by atoms with Crippen molar-refractivity contribution >= 4 is 11.8 Å². The zero-order valence-corrected chi connectivity index (χ0v) is 15.4. The van der Waals surface area contributed by atoms with Crippen LogP contribution < -0.4 is 10.3 Å². The Morgan fingerprint density at radius 2 is 1.74 bits per heavy atom. The average Bonchev–Trinajstić information content (AvgIpc) is 2.93. The number of methoxy groups -OCH3 is 1. The molecule has 2 amide bonds. The van der Waals surface area contributed by atoms with Crippen molar-refractivity contribution in [2.45, 2.75) is 13.3 Å². The molecular weight excluding hydrogens is 348 g/mol. The molecule has 2 aromatic rings. The standard InChI is InChI=1S/C19H22N4O4/c1-13-4-6-16(27-2)14(12-13)18(25)22-8-3-9-23(11-10-22)19(26)15-5-7-17(24)21-20-15/h4-7,12H,3,8-11H2,1-2H3,(H,21,24). The molecule has 3 rings (SSSR count). The minimum absolute atomic E-state index is 0.105. The molecule has 0 unspecified atom stereocenters. The molecule has 0 aliphatic carbocycles. The predicted molar refractivity (Wildman–Crippen MR) is 99.0 cm³/mol. The molecule has 1 saturated heterocycles. The Balaban J connectivity index is 1.72. The normalized spacial score (nSPS) is 14.6. The molecule has 8 heteroatoms. The Labute approximate surface area is 156 Å². The van der Waals surface area contributed by atoms with Gasteiger partial charge in [0.15, 0.2) is 0 Å². The highest BCUT2D eigenvalue weighted by Crippen LogP contribution is 2.22. The quantitative estimate of drug-likeness (QED) is 0.872. The first-order chi connectivity index (χ1) is 13.0. The summed E-state index contributed by atoms with van der Waals surface area (Å²) in [4.78, 5) is 40.0. The summed E-state index contributed by atoms with van der Waals surface area (Å²) in [5.74, 6) is 0.181. The maximum atomic E-state index is 13.0. The highest BCUT2D eigenvalue weighted by molar-refractivity contribution is 5.97. The number of nitrogens with zero attached hydrogens (tertiary/aromatic N) is 3. The number of rotatable bonds is 3. The molecule has 1 fully saturated rings. The number of ether oxygens (including phenoxy) is 1.